The van der Waals surface area contributed by atoms with Crippen molar-refractivity contribution in [3.63, 3.8) is 0 Å². The summed E-state index contributed by atoms with van der Waals surface area (Å²) in [4.78, 5) is 30.8. The molecule has 1 N–H and O–H groups in total. The number of hydrogen-bond donors (Lipinski definition) is 1. The fourth-order valence-electron chi connectivity index (χ4n) is 4.30. The summed E-state index contributed by atoms with van der Waals surface area (Å²) in [5, 5.41) is 12.6. The number of fused-ring (bicyclic) bond motifs is 1. The lowest BCUT2D eigenvalue weighted by molar-refractivity contribution is -0.142. The van der Waals surface area contributed by atoms with Gasteiger partial charge in [-0.3, -0.25) is 4.79 Å². The normalized spacial score (nSPS) is 25.2. The first kappa shape index (κ1) is 16.3. The number of amides is 1. The Morgan fingerprint density at radius 1 is 1.32 bits per heavy atom. The van der Waals surface area contributed by atoms with Gasteiger partial charge in [-0.25, -0.2) is 9.78 Å². The van der Waals surface area contributed by atoms with Crippen LogP contribution in [0, 0.1) is 18.8 Å². The molecule has 1 saturated carbocycles. The van der Waals surface area contributed by atoms with Crippen molar-refractivity contribution >= 4 is 23.2 Å². The zero-order valence-corrected chi connectivity index (χ0v) is 14.8. The Labute approximate surface area is 150 Å². The standard InChI is InChI=1S/C19H20N2O3S/c1-11-20-16(10-25-11)12-4-2-5-13(8-12)18(22)21-9-14-6-3-7-15(14)17(21)19(23)24/h2,4-5,8,10,14-15,17H,3,6-7,9H2,1H3,(H,23,24). The molecule has 0 spiro atoms. The predicted molar refractivity (Wildman–Crippen MR) is 95.6 cm³/mol. The van der Waals surface area contributed by atoms with Crippen molar-refractivity contribution in [3.05, 3.63) is 40.2 Å². The van der Waals surface area contributed by atoms with Crippen LogP contribution < -0.4 is 0 Å². The molecule has 0 radical (unpaired) electrons. The van der Waals surface area contributed by atoms with E-state index in [1.165, 1.54) is 0 Å². The molecule has 2 aliphatic rings. The van der Waals surface area contributed by atoms with Crippen LogP contribution in [0.15, 0.2) is 29.6 Å². The Hall–Kier alpha value is -2.21. The number of nitrogens with zero attached hydrogens (tertiary/aromatic N) is 2. The second-order valence-corrected chi connectivity index (χ2v) is 7.99. The number of hydrogen-bond acceptors (Lipinski definition) is 4. The van der Waals surface area contributed by atoms with E-state index in [-0.39, 0.29) is 11.8 Å². The third-order valence-electron chi connectivity index (χ3n) is 5.43. The maximum Gasteiger partial charge on any atom is 0.326 e. The molecule has 3 unspecified atom stereocenters. The van der Waals surface area contributed by atoms with Gasteiger partial charge in [-0.1, -0.05) is 18.6 Å². The van der Waals surface area contributed by atoms with E-state index < -0.39 is 12.0 Å². The highest BCUT2D eigenvalue weighted by Crippen LogP contribution is 2.42. The van der Waals surface area contributed by atoms with E-state index in [0.717, 1.165) is 35.5 Å². The monoisotopic (exact) mass is 356 g/mol. The largest absolute Gasteiger partial charge is 0.480 e. The van der Waals surface area contributed by atoms with Crippen molar-refractivity contribution < 1.29 is 14.7 Å². The predicted octanol–water partition coefficient (Wildman–Crippen LogP) is 3.44. The SMILES string of the molecule is Cc1nc(-c2cccc(C(=O)N3CC4CCCC4C3C(=O)O)c2)cs1. The molecule has 5 nitrogen and oxygen atoms in total. The molecular weight excluding hydrogens is 336 g/mol. The molecule has 1 aromatic heterocycles. The Kier molecular flexibility index (Phi) is 4.07. The summed E-state index contributed by atoms with van der Waals surface area (Å²) in [6, 6.07) is 6.66. The van der Waals surface area contributed by atoms with Crippen molar-refractivity contribution in [1.29, 1.82) is 0 Å². The van der Waals surface area contributed by atoms with Gasteiger partial charge in [0, 0.05) is 23.1 Å². The number of aliphatic carboxylic acids is 1. The fourth-order valence-corrected chi connectivity index (χ4v) is 4.93. The maximum absolute atomic E-state index is 13.0. The average Bonchev–Trinajstić information content (AvgIpc) is 3.29. The number of rotatable bonds is 3. The molecule has 1 amide bonds. The number of carbonyl (C=O) groups is 2. The van der Waals surface area contributed by atoms with Crippen molar-refractivity contribution in [2.45, 2.75) is 32.2 Å². The van der Waals surface area contributed by atoms with Gasteiger partial charge in [-0.15, -0.1) is 11.3 Å². The van der Waals surface area contributed by atoms with E-state index >= 15 is 0 Å². The van der Waals surface area contributed by atoms with Crippen LogP contribution in [0.25, 0.3) is 11.3 Å². The van der Waals surface area contributed by atoms with Crippen molar-refractivity contribution in [2.75, 3.05) is 6.54 Å². The van der Waals surface area contributed by atoms with Crippen LogP contribution in [0.2, 0.25) is 0 Å². The fraction of sp³-hybridized carbons (Fsp3) is 0.421. The minimum absolute atomic E-state index is 0.103. The number of aromatic nitrogens is 1. The number of carbonyl (C=O) groups excluding carboxylic acids is 1. The topological polar surface area (TPSA) is 70.5 Å². The summed E-state index contributed by atoms with van der Waals surface area (Å²) < 4.78 is 0. The highest BCUT2D eigenvalue weighted by atomic mass is 32.1. The molecule has 1 saturated heterocycles. The first-order valence-electron chi connectivity index (χ1n) is 8.61. The molecular formula is C19H20N2O3S. The third kappa shape index (κ3) is 2.84. The molecule has 0 bridgehead atoms. The second kappa shape index (κ2) is 6.26. The average molecular weight is 356 g/mol. The van der Waals surface area contributed by atoms with E-state index in [9.17, 15) is 14.7 Å². The number of thiazole rings is 1. The first-order chi connectivity index (χ1) is 12.0. The molecule has 2 fully saturated rings. The van der Waals surface area contributed by atoms with Gasteiger partial charge in [0.05, 0.1) is 10.7 Å². The van der Waals surface area contributed by atoms with Crippen LogP contribution in [0.5, 0.6) is 0 Å². The smallest absolute Gasteiger partial charge is 0.326 e. The van der Waals surface area contributed by atoms with Crippen LogP contribution in [-0.2, 0) is 4.79 Å². The molecule has 25 heavy (non-hydrogen) atoms. The second-order valence-electron chi connectivity index (χ2n) is 6.93. The Morgan fingerprint density at radius 3 is 2.88 bits per heavy atom. The van der Waals surface area contributed by atoms with Crippen LogP contribution in [0.3, 0.4) is 0 Å². The van der Waals surface area contributed by atoms with Gasteiger partial charge in [0.15, 0.2) is 0 Å². The van der Waals surface area contributed by atoms with Gasteiger partial charge < -0.3 is 10.0 Å². The Morgan fingerprint density at radius 2 is 2.16 bits per heavy atom. The van der Waals surface area contributed by atoms with Crippen LogP contribution >= 0.6 is 11.3 Å². The van der Waals surface area contributed by atoms with Gasteiger partial charge >= 0.3 is 5.97 Å². The Balaban J connectivity index is 1.63. The quantitative estimate of drug-likeness (QED) is 0.914. The number of benzene rings is 1. The minimum atomic E-state index is -0.881. The van der Waals surface area contributed by atoms with Crippen molar-refractivity contribution in [3.8, 4) is 11.3 Å². The number of aryl methyl sites for hydroxylation is 1. The molecule has 4 rings (SSSR count). The van der Waals surface area contributed by atoms with E-state index in [1.807, 2.05) is 30.5 Å². The van der Waals surface area contributed by atoms with Crippen LogP contribution in [0.1, 0.15) is 34.6 Å². The summed E-state index contributed by atoms with van der Waals surface area (Å²) in [5.74, 6) is -0.634. The molecule has 2 aromatic rings. The minimum Gasteiger partial charge on any atom is -0.480 e. The van der Waals surface area contributed by atoms with Crippen molar-refractivity contribution in [2.24, 2.45) is 11.8 Å². The van der Waals surface area contributed by atoms with Gasteiger partial charge in [0.25, 0.3) is 5.91 Å². The molecule has 6 heteroatoms. The Bertz CT molecular complexity index is 832. The van der Waals surface area contributed by atoms with Crippen LogP contribution in [-0.4, -0.2) is 39.5 Å². The van der Waals surface area contributed by atoms with Gasteiger partial charge in [-0.05, 0) is 43.7 Å². The number of likely N-dealkylation sites (tertiary alicyclic amines) is 1. The lowest BCUT2D eigenvalue weighted by Gasteiger charge is -2.24. The molecule has 130 valence electrons. The summed E-state index contributed by atoms with van der Waals surface area (Å²) in [5.41, 5.74) is 2.28. The maximum atomic E-state index is 13.0. The zero-order valence-electron chi connectivity index (χ0n) is 14.0. The first-order valence-corrected chi connectivity index (χ1v) is 9.49. The molecule has 2 heterocycles. The molecule has 1 aromatic carbocycles. The third-order valence-corrected chi connectivity index (χ3v) is 6.20. The summed E-state index contributed by atoms with van der Waals surface area (Å²) in [6.45, 7) is 2.50. The van der Waals surface area contributed by atoms with E-state index in [1.54, 1.807) is 22.3 Å². The summed E-state index contributed by atoms with van der Waals surface area (Å²) >= 11 is 1.57. The van der Waals surface area contributed by atoms with Gasteiger partial charge in [0.2, 0.25) is 0 Å². The lowest BCUT2D eigenvalue weighted by atomic mass is 9.94. The van der Waals surface area contributed by atoms with E-state index in [4.69, 9.17) is 0 Å². The molecule has 1 aliphatic carbocycles. The summed E-state index contributed by atoms with van der Waals surface area (Å²) in [7, 11) is 0. The van der Waals surface area contributed by atoms with Gasteiger partial charge in [0.1, 0.15) is 6.04 Å². The van der Waals surface area contributed by atoms with Crippen molar-refractivity contribution in [1.82, 2.24) is 9.88 Å². The van der Waals surface area contributed by atoms with Gasteiger partial charge in [-0.2, -0.15) is 0 Å². The van der Waals surface area contributed by atoms with E-state index in [0.29, 0.717) is 18.0 Å². The summed E-state index contributed by atoms with van der Waals surface area (Å²) in [6.07, 6.45) is 3.00. The lowest BCUT2D eigenvalue weighted by Crippen LogP contribution is -2.43. The highest BCUT2D eigenvalue weighted by molar-refractivity contribution is 7.09. The zero-order chi connectivity index (χ0) is 17.6. The number of carboxylic acid groups (broad SMARTS) is 1. The molecule has 1 aliphatic heterocycles. The highest BCUT2D eigenvalue weighted by Gasteiger charge is 2.49. The van der Waals surface area contributed by atoms with E-state index in [2.05, 4.69) is 4.98 Å². The number of carboxylic acids is 1. The van der Waals surface area contributed by atoms with Crippen LogP contribution in [0.4, 0.5) is 0 Å². The molecule has 3 atom stereocenters.